The van der Waals surface area contributed by atoms with Gasteiger partial charge in [0.25, 0.3) is 0 Å². The van der Waals surface area contributed by atoms with Gasteiger partial charge in [-0.1, -0.05) is 66.2 Å². The van der Waals surface area contributed by atoms with Crippen LogP contribution in [0.15, 0.2) is 0 Å². The van der Waals surface area contributed by atoms with Gasteiger partial charge in [-0.25, -0.2) is 0 Å². The summed E-state index contributed by atoms with van der Waals surface area (Å²) in [7, 11) is 0. The van der Waals surface area contributed by atoms with E-state index in [-0.39, 0.29) is 24.8 Å². The Labute approximate surface area is 148 Å². The Morgan fingerprint density at radius 2 is 1.08 bits per heavy atom. The van der Waals surface area contributed by atoms with Crippen molar-refractivity contribution in [3.63, 3.8) is 0 Å². The molecule has 142 valence electrons. The maximum absolute atomic E-state index is 11.7. The Bertz CT molecular complexity index is 296. The number of hydrogen-bond donors (Lipinski definition) is 0. The van der Waals surface area contributed by atoms with Gasteiger partial charge in [0.15, 0.2) is 0 Å². The number of unbranched alkanes of at least 4 members (excludes halogenated alkanes) is 2. The second-order valence-electron chi connectivity index (χ2n) is 6.70. The first-order valence-corrected chi connectivity index (χ1v) is 9.88. The molecule has 0 aliphatic carbocycles. The third kappa shape index (κ3) is 12.4. The molecule has 0 saturated carbocycles. The van der Waals surface area contributed by atoms with E-state index >= 15 is 0 Å². The molecule has 0 bridgehead atoms. The van der Waals surface area contributed by atoms with E-state index in [0.717, 1.165) is 38.5 Å². The van der Waals surface area contributed by atoms with Gasteiger partial charge in [0.2, 0.25) is 0 Å². The van der Waals surface area contributed by atoms with Crippen molar-refractivity contribution in [3.8, 4) is 0 Å². The number of carbonyl (C=O) groups excluding carboxylic acids is 2. The Morgan fingerprint density at radius 3 is 1.38 bits per heavy atom. The molecule has 0 aromatic rings. The minimum Gasteiger partial charge on any atom is -0.465 e. The van der Waals surface area contributed by atoms with Gasteiger partial charge >= 0.3 is 11.9 Å². The van der Waals surface area contributed by atoms with Crippen LogP contribution in [-0.2, 0) is 19.1 Å². The lowest BCUT2D eigenvalue weighted by molar-refractivity contribution is -0.151. The lowest BCUT2D eigenvalue weighted by Crippen LogP contribution is -2.17. The van der Waals surface area contributed by atoms with E-state index in [1.807, 2.05) is 0 Å². The summed E-state index contributed by atoms with van der Waals surface area (Å²) in [5, 5.41) is 0. The summed E-state index contributed by atoms with van der Waals surface area (Å²) in [6.07, 6.45) is 9.12. The fourth-order valence-corrected chi connectivity index (χ4v) is 2.57. The third-order valence-electron chi connectivity index (χ3n) is 4.58. The van der Waals surface area contributed by atoms with Gasteiger partial charge in [-0.3, -0.25) is 9.59 Å². The van der Waals surface area contributed by atoms with Gasteiger partial charge in [-0.2, -0.15) is 0 Å². The predicted octanol–water partition coefficient (Wildman–Crippen LogP) is 5.29. The molecular weight excluding hydrogens is 304 g/mol. The fourth-order valence-electron chi connectivity index (χ4n) is 2.57. The SMILES string of the molecule is CCCC[C@@H](CC)COC(=O)CCC(=O)OC[C@@H](CC)CCCC. The van der Waals surface area contributed by atoms with E-state index in [1.54, 1.807) is 0 Å². The Morgan fingerprint density at radius 1 is 0.708 bits per heavy atom. The van der Waals surface area contributed by atoms with Gasteiger partial charge in [-0.05, 0) is 24.7 Å². The molecule has 0 unspecified atom stereocenters. The van der Waals surface area contributed by atoms with Crippen molar-refractivity contribution in [3.05, 3.63) is 0 Å². The van der Waals surface area contributed by atoms with Crippen LogP contribution < -0.4 is 0 Å². The molecule has 0 aromatic heterocycles. The number of hydrogen-bond acceptors (Lipinski definition) is 4. The molecule has 0 aliphatic rings. The molecule has 0 aliphatic heterocycles. The minimum absolute atomic E-state index is 0.120. The zero-order valence-corrected chi connectivity index (χ0v) is 16.3. The molecular formula is C20H38O4. The van der Waals surface area contributed by atoms with Crippen LogP contribution in [0.25, 0.3) is 0 Å². The van der Waals surface area contributed by atoms with E-state index in [9.17, 15) is 9.59 Å². The van der Waals surface area contributed by atoms with Crippen LogP contribution >= 0.6 is 0 Å². The predicted molar refractivity (Wildman–Crippen MR) is 97.8 cm³/mol. The molecule has 0 amide bonds. The quantitative estimate of drug-likeness (QED) is 0.380. The van der Waals surface area contributed by atoms with Crippen LogP contribution in [0, 0.1) is 11.8 Å². The molecule has 0 spiro atoms. The number of rotatable bonds is 15. The van der Waals surface area contributed by atoms with Gasteiger partial charge in [0.05, 0.1) is 26.1 Å². The monoisotopic (exact) mass is 342 g/mol. The van der Waals surface area contributed by atoms with Crippen molar-refractivity contribution in [1.29, 1.82) is 0 Å². The second-order valence-corrected chi connectivity index (χ2v) is 6.70. The van der Waals surface area contributed by atoms with Crippen molar-refractivity contribution < 1.29 is 19.1 Å². The van der Waals surface area contributed by atoms with Gasteiger partial charge in [0.1, 0.15) is 0 Å². The highest BCUT2D eigenvalue weighted by Gasteiger charge is 2.14. The largest absolute Gasteiger partial charge is 0.465 e. The first kappa shape index (κ1) is 22.9. The summed E-state index contributed by atoms with van der Waals surface area (Å²) in [6, 6.07) is 0. The summed E-state index contributed by atoms with van der Waals surface area (Å²) in [5.74, 6) is 0.286. The van der Waals surface area contributed by atoms with E-state index in [0.29, 0.717) is 25.0 Å². The summed E-state index contributed by atoms with van der Waals surface area (Å²) < 4.78 is 10.6. The van der Waals surface area contributed by atoms with E-state index in [2.05, 4.69) is 27.7 Å². The standard InChI is InChI=1S/C20H38O4/c1-5-9-11-17(7-3)15-23-19(21)13-14-20(22)24-16-18(8-4)12-10-6-2/h17-18H,5-16H2,1-4H3/t17-,18+. The van der Waals surface area contributed by atoms with Crippen molar-refractivity contribution in [2.45, 2.75) is 91.9 Å². The molecule has 2 atom stereocenters. The topological polar surface area (TPSA) is 52.6 Å². The van der Waals surface area contributed by atoms with E-state index in [4.69, 9.17) is 9.47 Å². The molecule has 4 heteroatoms. The van der Waals surface area contributed by atoms with Crippen molar-refractivity contribution in [1.82, 2.24) is 0 Å². The first-order valence-electron chi connectivity index (χ1n) is 9.88. The lowest BCUT2D eigenvalue weighted by atomic mass is 10.0. The van der Waals surface area contributed by atoms with E-state index < -0.39 is 0 Å². The van der Waals surface area contributed by atoms with Gasteiger partial charge in [-0.15, -0.1) is 0 Å². The summed E-state index contributed by atoms with van der Waals surface area (Å²) in [4.78, 5) is 23.5. The first-order chi connectivity index (χ1) is 11.6. The molecule has 4 nitrogen and oxygen atoms in total. The van der Waals surface area contributed by atoms with Crippen LogP contribution in [0.5, 0.6) is 0 Å². The number of esters is 2. The summed E-state index contributed by atoms with van der Waals surface area (Å²) in [5.41, 5.74) is 0. The summed E-state index contributed by atoms with van der Waals surface area (Å²) in [6.45, 7) is 9.51. The molecule has 0 N–H and O–H groups in total. The highest BCUT2D eigenvalue weighted by Crippen LogP contribution is 2.14. The fraction of sp³-hybridized carbons (Fsp3) is 0.900. The Hall–Kier alpha value is -1.06. The Balaban J connectivity index is 3.86. The van der Waals surface area contributed by atoms with Crippen LogP contribution in [0.3, 0.4) is 0 Å². The third-order valence-corrected chi connectivity index (χ3v) is 4.58. The maximum atomic E-state index is 11.7. The molecule has 24 heavy (non-hydrogen) atoms. The minimum atomic E-state index is -0.292. The van der Waals surface area contributed by atoms with Crippen molar-refractivity contribution in [2.24, 2.45) is 11.8 Å². The lowest BCUT2D eigenvalue weighted by Gasteiger charge is -2.15. The highest BCUT2D eigenvalue weighted by molar-refractivity contribution is 5.77. The average molecular weight is 343 g/mol. The second kappa shape index (κ2) is 15.5. The van der Waals surface area contributed by atoms with Crippen LogP contribution in [-0.4, -0.2) is 25.2 Å². The number of carbonyl (C=O) groups is 2. The highest BCUT2D eigenvalue weighted by atomic mass is 16.5. The van der Waals surface area contributed by atoms with Crippen molar-refractivity contribution in [2.75, 3.05) is 13.2 Å². The Kier molecular flexibility index (Phi) is 14.8. The normalized spacial score (nSPS) is 13.3. The molecule has 0 radical (unpaired) electrons. The molecule has 0 rings (SSSR count). The molecule has 0 saturated heterocycles. The summed E-state index contributed by atoms with van der Waals surface area (Å²) >= 11 is 0. The van der Waals surface area contributed by atoms with Crippen molar-refractivity contribution >= 4 is 11.9 Å². The molecule has 0 heterocycles. The zero-order valence-electron chi connectivity index (χ0n) is 16.3. The molecule has 0 fully saturated rings. The van der Waals surface area contributed by atoms with Gasteiger partial charge < -0.3 is 9.47 Å². The van der Waals surface area contributed by atoms with Crippen LogP contribution in [0.2, 0.25) is 0 Å². The zero-order chi connectivity index (χ0) is 18.2. The van der Waals surface area contributed by atoms with E-state index in [1.165, 1.54) is 12.8 Å². The smallest absolute Gasteiger partial charge is 0.306 e. The number of ether oxygens (including phenoxy) is 2. The van der Waals surface area contributed by atoms with Crippen LogP contribution in [0.4, 0.5) is 0 Å². The van der Waals surface area contributed by atoms with Crippen LogP contribution in [0.1, 0.15) is 91.9 Å². The average Bonchev–Trinajstić information content (AvgIpc) is 2.60. The van der Waals surface area contributed by atoms with Gasteiger partial charge in [0, 0.05) is 0 Å². The molecule has 0 aromatic carbocycles. The maximum Gasteiger partial charge on any atom is 0.306 e.